The highest BCUT2D eigenvalue weighted by molar-refractivity contribution is 5.42. The Kier molecular flexibility index (Phi) is 3.78. The summed E-state index contributed by atoms with van der Waals surface area (Å²) in [5.41, 5.74) is 6.60. The molecule has 1 unspecified atom stereocenters. The smallest absolute Gasteiger partial charge is 0.0578 e. The number of benzene rings is 1. The van der Waals surface area contributed by atoms with E-state index < -0.39 is 0 Å². The molecule has 0 saturated carbocycles. The third-order valence-electron chi connectivity index (χ3n) is 3.52. The molecule has 0 saturated heterocycles. The van der Waals surface area contributed by atoms with Gasteiger partial charge in [0.25, 0.3) is 0 Å². The monoisotopic (exact) mass is 240 g/mol. The van der Waals surface area contributed by atoms with Crippen LogP contribution < -0.4 is 5.32 Å². The summed E-state index contributed by atoms with van der Waals surface area (Å²) in [7, 11) is 2.00. The fourth-order valence-corrected chi connectivity index (χ4v) is 2.35. The molecular formula is C16H20N2. The van der Waals surface area contributed by atoms with Crippen molar-refractivity contribution in [1.29, 1.82) is 0 Å². The molecular weight excluding hydrogens is 220 g/mol. The van der Waals surface area contributed by atoms with Crippen molar-refractivity contribution in [3.63, 3.8) is 0 Å². The highest BCUT2D eigenvalue weighted by Crippen LogP contribution is 2.26. The summed E-state index contributed by atoms with van der Waals surface area (Å²) in [4.78, 5) is 4.08. The summed E-state index contributed by atoms with van der Waals surface area (Å²) in [6.45, 7) is 6.50. The van der Waals surface area contributed by atoms with Gasteiger partial charge in [0.2, 0.25) is 0 Å². The molecule has 2 aromatic rings. The number of nitrogens with one attached hydrogen (secondary N) is 1. The van der Waals surface area contributed by atoms with Crippen LogP contribution in [-0.2, 0) is 0 Å². The standard InChI is InChI=1S/C16H20N2/c1-11-9-13(3)15(10-12(11)2)16(17-4)14-5-7-18-8-6-14/h5-10,16-17H,1-4H3. The lowest BCUT2D eigenvalue weighted by atomic mass is 9.92. The van der Waals surface area contributed by atoms with Gasteiger partial charge in [-0.15, -0.1) is 0 Å². The Balaban J connectivity index is 2.49. The van der Waals surface area contributed by atoms with Crippen LogP contribution in [-0.4, -0.2) is 12.0 Å². The summed E-state index contributed by atoms with van der Waals surface area (Å²) in [5, 5.41) is 3.39. The Labute approximate surface area is 109 Å². The fourth-order valence-electron chi connectivity index (χ4n) is 2.35. The van der Waals surface area contributed by atoms with E-state index in [0.717, 1.165) is 0 Å². The Morgan fingerprint density at radius 2 is 1.56 bits per heavy atom. The average molecular weight is 240 g/mol. The van der Waals surface area contributed by atoms with E-state index in [1.54, 1.807) is 0 Å². The molecule has 0 radical (unpaired) electrons. The van der Waals surface area contributed by atoms with Crippen molar-refractivity contribution < 1.29 is 0 Å². The van der Waals surface area contributed by atoms with E-state index >= 15 is 0 Å². The molecule has 0 bridgehead atoms. The van der Waals surface area contributed by atoms with E-state index in [1.807, 2.05) is 19.4 Å². The minimum atomic E-state index is 0.229. The minimum Gasteiger partial charge on any atom is -0.309 e. The zero-order valence-electron chi connectivity index (χ0n) is 11.5. The van der Waals surface area contributed by atoms with E-state index in [4.69, 9.17) is 0 Å². The fraction of sp³-hybridized carbons (Fsp3) is 0.312. The van der Waals surface area contributed by atoms with Gasteiger partial charge >= 0.3 is 0 Å². The highest BCUT2D eigenvalue weighted by Gasteiger charge is 2.14. The molecule has 94 valence electrons. The second-order valence-electron chi connectivity index (χ2n) is 4.80. The van der Waals surface area contributed by atoms with Crippen LogP contribution >= 0.6 is 0 Å². The summed E-state index contributed by atoms with van der Waals surface area (Å²) >= 11 is 0. The van der Waals surface area contributed by atoms with Crippen molar-refractivity contribution in [3.8, 4) is 0 Å². The van der Waals surface area contributed by atoms with Crippen LogP contribution in [0.4, 0.5) is 0 Å². The molecule has 0 fully saturated rings. The van der Waals surface area contributed by atoms with Gasteiger partial charge in [-0.05, 0) is 67.8 Å². The number of rotatable bonds is 3. The van der Waals surface area contributed by atoms with E-state index in [1.165, 1.54) is 27.8 Å². The number of nitrogens with zero attached hydrogens (tertiary/aromatic N) is 1. The quantitative estimate of drug-likeness (QED) is 0.890. The second-order valence-corrected chi connectivity index (χ2v) is 4.80. The Bertz CT molecular complexity index is 532. The first-order chi connectivity index (χ1) is 8.63. The van der Waals surface area contributed by atoms with Crippen LogP contribution in [0.25, 0.3) is 0 Å². The first-order valence-electron chi connectivity index (χ1n) is 6.28. The Morgan fingerprint density at radius 3 is 2.17 bits per heavy atom. The molecule has 1 atom stereocenters. The maximum atomic E-state index is 4.08. The molecule has 2 heteroatoms. The van der Waals surface area contributed by atoms with Crippen molar-refractivity contribution in [3.05, 3.63) is 64.5 Å². The first kappa shape index (κ1) is 12.8. The molecule has 1 aromatic carbocycles. The van der Waals surface area contributed by atoms with Gasteiger partial charge < -0.3 is 5.32 Å². The summed E-state index contributed by atoms with van der Waals surface area (Å²) in [6.07, 6.45) is 3.69. The van der Waals surface area contributed by atoms with Crippen LogP contribution in [0.3, 0.4) is 0 Å². The van der Waals surface area contributed by atoms with Crippen LogP contribution in [0.15, 0.2) is 36.7 Å². The average Bonchev–Trinajstić information content (AvgIpc) is 2.38. The molecule has 2 nitrogen and oxygen atoms in total. The molecule has 0 amide bonds. The molecule has 18 heavy (non-hydrogen) atoms. The Hall–Kier alpha value is -1.67. The van der Waals surface area contributed by atoms with E-state index in [9.17, 15) is 0 Å². The zero-order chi connectivity index (χ0) is 13.1. The lowest BCUT2D eigenvalue weighted by Crippen LogP contribution is -2.19. The number of hydrogen-bond acceptors (Lipinski definition) is 2. The van der Waals surface area contributed by atoms with Crippen molar-refractivity contribution in [1.82, 2.24) is 10.3 Å². The van der Waals surface area contributed by atoms with Gasteiger partial charge in [0, 0.05) is 12.4 Å². The van der Waals surface area contributed by atoms with Gasteiger partial charge in [0.15, 0.2) is 0 Å². The zero-order valence-corrected chi connectivity index (χ0v) is 11.5. The lowest BCUT2D eigenvalue weighted by Gasteiger charge is -2.20. The summed E-state index contributed by atoms with van der Waals surface area (Å²) in [6, 6.07) is 8.90. The molecule has 0 aliphatic heterocycles. The number of hydrogen-bond donors (Lipinski definition) is 1. The lowest BCUT2D eigenvalue weighted by molar-refractivity contribution is 0.685. The molecule has 0 aliphatic rings. The molecule has 0 aliphatic carbocycles. The van der Waals surface area contributed by atoms with Crippen molar-refractivity contribution in [2.45, 2.75) is 26.8 Å². The topological polar surface area (TPSA) is 24.9 Å². The predicted molar refractivity (Wildman–Crippen MR) is 75.8 cm³/mol. The second kappa shape index (κ2) is 5.32. The molecule has 1 N–H and O–H groups in total. The minimum absolute atomic E-state index is 0.229. The molecule has 1 heterocycles. The molecule has 2 rings (SSSR count). The normalized spacial score (nSPS) is 12.4. The van der Waals surface area contributed by atoms with Gasteiger partial charge in [0.05, 0.1) is 6.04 Å². The van der Waals surface area contributed by atoms with Crippen molar-refractivity contribution >= 4 is 0 Å². The van der Waals surface area contributed by atoms with Crippen LogP contribution in [0.1, 0.15) is 33.9 Å². The molecule has 0 spiro atoms. The van der Waals surface area contributed by atoms with Gasteiger partial charge in [-0.1, -0.05) is 12.1 Å². The third-order valence-corrected chi connectivity index (χ3v) is 3.52. The van der Waals surface area contributed by atoms with Gasteiger partial charge in [0.1, 0.15) is 0 Å². The number of pyridine rings is 1. The van der Waals surface area contributed by atoms with Crippen LogP contribution in [0.5, 0.6) is 0 Å². The predicted octanol–water partition coefficient (Wildman–Crippen LogP) is 3.32. The highest BCUT2D eigenvalue weighted by atomic mass is 14.9. The summed E-state index contributed by atoms with van der Waals surface area (Å²) in [5.74, 6) is 0. The Morgan fingerprint density at radius 1 is 0.944 bits per heavy atom. The third kappa shape index (κ3) is 2.44. The number of aryl methyl sites for hydroxylation is 3. The summed E-state index contributed by atoms with van der Waals surface area (Å²) < 4.78 is 0. The van der Waals surface area contributed by atoms with Crippen LogP contribution in [0.2, 0.25) is 0 Å². The largest absolute Gasteiger partial charge is 0.309 e. The van der Waals surface area contributed by atoms with Gasteiger partial charge in [-0.3, -0.25) is 4.98 Å². The van der Waals surface area contributed by atoms with E-state index in [2.05, 4.69) is 55.3 Å². The molecule has 1 aromatic heterocycles. The SMILES string of the molecule is CNC(c1ccncc1)c1cc(C)c(C)cc1C. The van der Waals surface area contributed by atoms with E-state index in [-0.39, 0.29) is 6.04 Å². The number of aromatic nitrogens is 1. The van der Waals surface area contributed by atoms with E-state index in [0.29, 0.717) is 0 Å². The maximum Gasteiger partial charge on any atom is 0.0578 e. The maximum absolute atomic E-state index is 4.08. The van der Waals surface area contributed by atoms with Gasteiger partial charge in [-0.2, -0.15) is 0 Å². The van der Waals surface area contributed by atoms with Gasteiger partial charge in [-0.25, -0.2) is 0 Å². The van der Waals surface area contributed by atoms with Crippen molar-refractivity contribution in [2.24, 2.45) is 0 Å². The van der Waals surface area contributed by atoms with Crippen LogP contribution in [0, 0.1) is 20.8 Å². The van der Waals surface area contributed by atoms with Crippen molar-refractivity contribution in [2.75, 3.05) is 7.05 Å². The first-order valence-corrected chi connectivity index (χ1v) is 6.28.